The molecule has 1 fully saturated rings. The van der Waals surface area contributed by atoms with E-state index in [0.717, 1.165) is 18.0 Å². The summed E-state index contributed by atoms with van der Waals surface area (Å²) in [5, 5.41) is 4.02. The van der Waals surface area contributed by atoms with Gasteiger partial charge < -0.3 is 9.47 Å². The van der Waals surface area contributed by atoms with Gasteiger partial charge in [-0.3, -0.25) is 9.58 Å². The van der Waals surface area contributed by atoms with E-state index in [9.17, 15) is 8.78 Å². The molecule has 0 amide bonds. The Labute approximate surface area is 125 Å². The zero-order valence-electron chi connectivity index (χ0n) is 11.9. The highest BCUT2D eigenvalue weighted by atomic mass is 19.1. The van der Waals surface area contributed by atoms with Crippen LogP contribution in [0.25, 0.3) is 0 Å². The molecule has 3 heterocycles. The van der Waals surface area contributed by atoms with Gasteiger partial charge in [-0.25, -0.2) is 13.8 Å². The van der Waals surface area contributed by atoms with Crippen LogP contribution >= 0.6 is 0 Å². The molecule has 0 bridgehead atoms. The zero-order valence-corrected chi connectivity index (χ0v) is 11.9. The molecule has 2 aliphatic heterocycles. The van der Waals surface area contributed by atoms with E-state index in [4.69, 9.17) is 9.47 Å². The first-order valence-corrected chi connectivity index (χ1v) is 6.98. The Morgan fingerprint density at radius 3 is 2.23 bits per heavy atom. The summed E-state index contributed by atoms with van der Waals surface area (Å²) in [4.78, 5) is 6.24. The van der Waals surface area contributed by atoms with Crippen LogP contribution in [0.1, 0.15) is 5.82 Å². The van der Waals surface area contributed by atoms with Crippen molar-refractivity contribution < 1.29 is 18.3 Å². The summed E-state index contributed by atoms with van der Waals surface area (Å²) in [5.74, 6) is -0.680. The normalized spacial score (nSPS) is 23.6. The predicted octanol–water partition coefficient (Wildman–Crippen LogP) is 1.12. The maximum atomic E-state index is 13.8. The molecule has 1 saturated heterocycles. The Hall–Kier alpha value is -2.22. The molecule has 4 rings (SSSR count). The van der Waals surface area contributed by atoms with Crippen LogP contribution in [0.2, 0.25) is 0 Å². The van der Waals surface area contributed by atoms with Gasteiger partial charge in [-0.1, -0.05) is 0 Å². The summed E-state index contributed by atoms with van der Waals surface area (Å²) >= 11 is 0. The third-order valence-corrected chi connectivity index (χ3v) is 4.02. The maximum absolute atomic E-state index is 13.8. The number of rotatable bonds is 2. The molecule has 2 aliphatic rings. The average molecular weight is 308 g/mol. The molecule has 2 atom stereocenters. The fourth-order valence-electron chi connectivity index (χ4n) is 2.87. The number of ether oxygens (including phenoxy) is 2. The lowest BCUT2D eigenvalue weighted by molar-refractivity contribution is 0.0467. The maximum Gasteiger partial charge on any atom is 0.200 e. The third-order valence-electron chi connectivity index (χ3n) is 4.02. The Bertz CT molecular complexity index is 682. The minimum atomic E-state index is -0.610. The summed E-state index contributed by atoms with van der Waals surface area (Å²) in [5.41, 5.74) is 0. The largest absolute Gasteiger partial charge is 0.478 e. The molecule has 8 heteroatoms. The second kappa shape index (κ2) is 4.91. The van der Waals surface area contributed by atoms with Crippen molar-refractivity contribution in [3.8, 4) is 11.5 Å². The van der Waals surface area contributed by atoms with E-state index in [1.54, 1.807) is 4.68 Å². The van der Waals surface area contributed by atoms with E-state index in [1.165, 1.54) is 6.33 Å². The van der Waals surface area contributed by atoms with Crippen molar-refractivity contribution in [1.82, 2.24) is 19.7 Å². The van der Waals surface area contributed by atoms with E-state index in [-0.39, 0.29) is 23.7 Å². The van der Waals surface area contributed by atoms with Gasteiger partial charge in [-0.2, -0.15) is 5.10 Å². The van der Waals surface area contributed by atoms with E-state index < -0.39 is 11.6 Å². The Morgan fingerprint density at radius 1 is 1.14 bits per heavy atom. The van der Waals surface area contributed by atoms with Crippen molar-refractivity contribution in [3.05, 3.63) is 35.9 Å². The number of hydrogen-bond donors (Lipinski definition) is 0. The number of fused-ring (bicyclic) bond motifs is 2. The van der Waals surface area contributed by atoms with Crippen LogP contribution in [-0.4, -0.2) is 45.0 Å². The number of benzene rings is 1. The van der Waals surface area contributed by atoms with Gasteiger partial charge >= 0.3 is 0 Å². The molecule has 116 valence electrons. The Morgan fingerprint density at radius 2 is 1.73 bits per heavy atom. The van der Waals surface area contributed by atoms with Crippen LogP contribution in [0.15, 0.2) is 18.5 Å². The van der Waals surface area contributed by atoms with Crippen molar-refractivity contribution in [2.45, 2.75) is 18.8 Å². The molecule has 22 heavy (non-hydrogen) atoms. The summed E-state index contributed by atoms with van der Waals surface area (Å²) in [7, 11) is 1.82. The topological polar surface area (TPSA) is 52.4 Å². The van der Waals surface area contributed by atoms with Gasteiger partial charge in [-0.05, 0) is 12.1 Å². The molecule has 6 nitrogen and oxygen atoms in total. The fraction of sp³-hybridized carbons (Fsp3) is 0.429. The lowest BCUT2D eigenvalue weighted by Crippen LogP contribution is -2.39. The van der Waals surface area contributed by atoms with Crippen LogP contribution in [0, 0.1) is 11.6 Å². The highest BCUT2D eigenvalue weighted by Gasteiger charge is 2.42. The van der Waals surface area contributed by atoms with Gasteiger partial charge in [0.15, 0.2) is 11.6 Å². The molecule has 1 aromatic carbocycles. The first-order valence-electron chi connectivity index (χ1n) is 6.98. The standard InChI is InChI=1S/C14H14F2N4O2/c1-19-12(17-7-18-19)6-20-4-10-11(5-20)22-14-9(16)3-2-8(15)13(14)21-10/h2-3,7,10-11H,4-6H2,1H3/t10-,11+. The molecule has 0 aliphatic carbocycles. The summed E-state index contributed by atoms with van der Waals surface area (Å²) in [6.07, 6.45) is 0.848. The number of halogens is 2. The predicted molar refractivity (Wildman–Crippen MR) is 71.5 cm³/mol. The minimum absolute atomic E-state index is 0.137. The smallest absolute Gasteiger partial charge is 0.200 e. The molecular weight excluding hydrogens is 294 g/mol. The number of hydrogen-bond acceptors (Lipinski definition) is 5. The van der Waals surface area contributed by atoms with Gasteiger partial charge in [0.2, 0.25) is 11.5 Å². The number of nitrogens with zero attached hydrogens (tertiary/aromatic N) is 4. The highest BCUT2D eigenvalue weighted by Crippen LogP contribution is 2.40. The van der Waals surface area contributed by atoms with Crippen molar-refractivity contribution in [3.63, 3.8) is 0 Å². The van der Waals surface area contributed by atoms with E-state index in [1.807, 2.05) is 7.05 Å². The van der Waals surface area contributed by atoms with Gasteiger partial charge in [-0.15, -0.1) is 0 Å². The first-order chi connectivity index (χ1) is 10.6. The van der Waals surface area contributed by atoms with Gasteiger partial charge in [0.1, 0.15) is 24.4 Å². The molecule has 0 N–H and O–H groups in total. The molecule has 0 spiro atoms. The van der Waals surface area contributed by atoms with Gasteiger partial charge in [0.25, 0.3) is 0 Å². The SMILES string of the molecule is Cn1ncnc1CN1C[C@@H]2Oc3c(F)ccc(F)c3O[C@@H]2C1. The Balaban J connectivity index is 1.53. The van der Waals surface area contributed by atoms with Crippen molar-refractivity contribution >= 4 is 0 Å². The van der Waals surface area contributed by atoms with Crippen LogP contribution in [0.3, 0.4) is 0 Å². The molecule has 2 aromatic rings. The van der Waals surface area contributed by atoms with Crippen molar-refractivity contribution in [2.75, 3.05) is 13.1 Å². The number of likely N-dealkylation sites (tertiary alicyclic amines) is 1. The highest BCUT2D eigenvalue weighted by molar-refractivity contribution is 5.44. The third kappa shape index (κ3) is 2.10. The average Bonchev–Trinajstić information content (AvgIpc) is 3.08. The van der Waals surface area contributed by atoms with Crippen LogP contribution < -0.4 is 9.47 Å². The second-order valence-electron chi connectivity index (χ2n) is 5.49. The fourth-order valence-corrected chi connectivity index (χ4v) is 2.87. The summed E-state index contributed by atoms with van der Waals surface area (Å²) < 4.78 is 40.5. The molecule has 0 unspecified atom stereocenters. The molecular formula is C14H14F2N4O2. The number of aryl methyl sites for hydroxylation is 1. The summed E-state index contributed by atoms with van der Waals surface area (Å²) in [6, 6.07) is 2.09. The minimum Gasteiger partial charge on any atom is -0.478 e. The van der Waals surface area contributed by atoms with Crippen LogP contribution in [-0.2, 0) is 13.6 Å². The molecule has 0 saturated carbocycles. The van der Waals surface area contributed by atoms with Gasteiger partial charge in [0, 0.05) is 20.1 Å². The van der Waals surface area contributed by atoms with E-state index in [0.29, 0.717) is 19.6 Å². The van der Waals surface area contributed by atoms with E-state index >= 15 is 0 Å². The zero-order chi connectivity index (χ0) is 15.3. The quantitative estimate of drug-likeness (QED) is 0.832. The molecule has 1 aromatic heterocycles. The summed E-state index contributed by atoms with van der Waals surface area (Å²) in [6.45, 7) is 1.71. The Kier molecular flexibility index (Phi) is 3.00. The van der Waals surface area contributed by atoms with Gasteiger partial charge in [0.05, 0.1) is 6.54 Å². The lowest BCUT2D eigenvalue weighted by Gasteiger charge is -2.28. The second-order valence-corrected chi connectivity index (χ2v) is 5.49. The van der Waals surface area contributed by atoms with Crippen molar-refractivity contribution in [1.29, 1.82) is 0 Å². The van der Waals surface area contributed by atoms with E-state index in [2.05, 4.69) is 15.0 Å². The van der Waals surface area contributed by atoms with Crippen LogP contribution in [0.5, 0.6) is 11.5 Å². The number of aromatic nitrogens is 3. The molecule has 0 radical (unpaired) electrons. The van der Waals surface area contributed by atoms with Crippen molar-refractivity contribution in [2.24, 2.45) is 7.05 Å². The lowest BCUT2D eigenvalue weighted by atomic mass is 10.2. The first kappa shape index (κ1) is 13.4. The van der Waals surface area contributed by atoms with Crippen LogP contribution in [0.4, 0.5) is 8.78 Å². The monoisotopic (exact) mass is 308 g/mol.